The Bertz CT molecular complexity index is 506. The van der Waals surface area contributed by atoms with Crippen molar-refractivity contribution in [2.24, 2.45) is 5.73 Å². The SMILES string of the molecule is CCOC(=O)N(/C=C(/C#N)C(=O)N(C)C1CCN(C)CC1)CCN. The average Bonchev–Trinajstić information content (AvgIpc) is 2.58. The summed E-state index contributed by atoms with van der Waals surface area (Å²) in [5, 5.41) is 9.33. The second kappa shape index (κ2) is 9.90. The standard InChI is InChI=1S/C16H27N5O3/c1-4-24-16(23)21(10-7-17)12-13(11-18)15(22)20(3)14-5-8-19(2)9-6-14/h12,14H,4-10,17H2,1-3H3/b13-12-. The van der Waals surface area contributed by atoms with Crippen molar-refractivity contribution in [3.63, 3.8) is 0 Å². The number of carbonyl (C=O) groups is 2. The van der Waals surface area contributed by atoms with E-state index in [-0.39, 0.29) is 31.3 Å². The number of nitrogens with zero attached hydrogens (tertiary/aromatic N) is 4. The lowest BCUT2D eigenvalue weighted by Crippen LogP contribution is -2.45. The molecule has 24 heavy (non-hydrogen) atoms. The summed E-state index contributed by atoms with van der Waals surface area (Å²) in [4.78, 5) is 29.4. The zero-order valence-electron chi connectivity index (χ0n) is 14.7. The summed E-state index contributed by atoms with van der Waals surface area (Å²) in [6.07, 6.45) is 2.34. The third-order valence-corrected chi connectivity index (χ3v) is 4.06. The number of nitriles is 1. The van der Waals surface area contributed by atoms with Crippen molar-refractivity contribution in [1.82, 2.24) is 14.7 Å². The molecule has 134 valence electrons. The molecule has 2 N–H and O–H groups in total. The Labute approximate surface area is 143 Å². The smallest absolute Gasteiger partial charge is 0.413 e. The van der Waals surface area contributed by atoms with E-state index in [2.05, 4.69) is 4.90 Å². The Morgan fingerprint density at radius 1 is 1.42 bits per heavy atom. The second-order valence-electron chi connectivity index (χ2n) is 5.79. The number of piperidine rings is 1. The van der Waals surface area contributed by atoms with Gasteiger partial charge in [0.1, 0.15) is 11.6 Å². The van der Waals surface area contributed by atoms with E-state index in [4.69, 9.17) is 10.5 Å². The fourth-order valence-corrected chi connectivity index (χ4v) is 2.58. The summed E-state index contributed by atoms with van der Waals surface area (Å²) >= 11 is 0. The van der Waals surface area contributed by atoms with Crippen molar-refractivity contribution >= 4 is 12.0 Å². The van der Waals surface area contributed by atoms with Crippen LogP contribution >= 0.6 is 0 Å². The highest BCUT2D eigenvalue weighted by Gasteiger charge is 2.27. The lowest BCUT2D eigenvalue weighted by Gasteiger charge is -2.35. The highest BCUT2D eigenvalue weighted by Crippen LogP contribution is 2.16. The molecular weight excluding hydrogens is 310 g/mol. The van der Waals surface area contributed by atoms with Crippen LogP contribution < -0.4 is 5.73 Å². The largest absolute Gasteiger partial charge is 0.449 e. The van der Waals surface area contributed by atoms with Crippen molar-refractivity contribution in [3.8, 4) is 6.07 Å². The first-order valence-electron chi connectivity index (χ1n) is 8.15. The number of rotatable bonds is 6. The van der Waals surface area contributed by atoms with Gasteiger partial charge in [-0.05, 0) is 39.9 Å². The molecule has 0 bridgehead atoms. The molecule has 0 unspecified atom stereocenters. The minimum Gasteiger partial charge on any atom is -0.449 e. The zero-order chi connectivity index (χ0) is 18.1. The third-order valence-electron chi connectivity index (χ3n) is 4.06. The van der Waals surface area contributed by atoms with Crippen LogP contribution in [0.5, 0.6) is 0 Å². The topological polar surface area (TPSA) is 103 Å². The molecule has 0 aromatic carbocycles. The van der Waals surface area contributed by atoms with Crippen LogP contribution in [0.25, 0.3) is 0 Å². The monoisotopic (exact) mass is 337 g/mol. The van der Waals surface area contributed by atoms with Gasteiger partial charge in [0.2, 0.25) is 0 Å². The summed E-state index contributed by atoms with van der Waals surface area (Å²) in [7, 11) is 3.74. The van der Waals surface area contributed by atoms with Gasteiger partial charge in [-0.1, -0.05) is 0 Å². The van der Waals surface area contributed by atoms with Crippen LogP contribution in [0.4, 0.5) is 4.79 Å². The van der Waals surface area contributed by atoms with Gasteiger partial charge in [-0.2, -0.15) is 5.26 Å². The highest BCUT2D eigenvalue weighted by molar-refractivity contribution is 5.97. The van der Waals surface area contributed by atoms with Gasteiger partial charge in [-0.3, -0.25) is 9.69 Å². The predicted molar refractivity (Wildman–Crippen MR) is 89.8 cm³/mol. The maximum Gasteiger partial charge on any atom is 0.413 e. The maximum absolute atomic E-state index is 12.6. The molecule has 0 aliphatic carbocycles. The average molecular weight is 337 g/mol. The quantitative estimate of drug-likeness (QED) is 0.555. The molecule has 1 aliphatic rings. The van der Waals surface area contributed by atoms with Crippen molar-refractivity contribution in [3.05, 3.63) is 11.8 Å². The number of ether oxygens (including phenoxy) is 1. The van der Waals surface area contributed by atoms with Crippen LogP contribution in [0, 0.1) is 11.3 Å². The lowest BCUT2D eigenvalue weighted by atomic mass is 10.0. The van der Waals surface area contributed by atoms with Crippen molar-refractivity contribution in [2.75, 3.05) is 46.9 Å². The van der Waals surface area contributed by atoms with Crippen LogP contribution in [0.15, 0.2) is 11.8 Å². The van der Waals surface area contributed by atoms with E-state index < -0.39 is 12.0 Å². The van der Waals surface area contributed by atoms with Gasteiger partial charge < -0.3 is 20.3 Å². The first-order valence-corrected chi connectivity index (χ1v) is 8.15. The number of likely N-dealkylation sites (N-methyl/N-ethyl adjacent to an activating group) is 1. The Balaban J connectivity index is 2.86. The van der Waals surface area contributed by atoms with E-state index in [1.165, 1.54) is 11.1 Å². The van der Waals surface area contributed by atoms with Gasteiger partial charge in [0.25, 0.3) is 5.91 Å². The van der Waals surface area contributed by atoms with E-state index in [1.807, 2.05) is 13.1 Å². The summed E-state index contributed by atoms with van der Waals surface area (Å²) in [5.41, 5.74) is 5.39. The van der Waals surface area contributed by atoms with Crippen LogP contribution in [-0.2, 0) is 9.53 Å². The normalized spacial score (nSPS) is 16.4. The van der Waals surface area contributed by atoms with Gasteiger partial charge in [0, 0.05) is 32.4 Å². The molecule has 0 radical (unpaired) electrons. The van der Waals surface area contributed by atoms with Gasteiger partial charge in [0.05, 0.1) is 6.61 Å². The molecule has 0 aromatic rings. The number of amides is 2. The van der Waals surface area contributed by atoms with Crippen LogP contribution in [0.1, 0.15) is 19.8 Å². The Morgan fingerprint density at radius 2 is 2.04 bits per heavy atom. The third kappa shape index (κ3) is 5.51. The molecule has 0 aromatic heterocycles. The summed E-state index contributed by atoms with van der Waals surface area (Å²) in [6.45, 7) is 4.10. The Hall–Kier alpha value is -2.11. The van der Waals surface area contributed by atoms with E-state index >= 15 is 0 Å². The fourth-order valence-electron chi connectivity index (χ4n) is 2.58. The molecule has 1 aliphatic heterocycles. The molecule has 0 atom stereocenters. The Kier molecular flexibility index (Phi) is 8.22. The van der Waals surface area contributed by atoms with Crippen molar-refractivity contribution in [1.29, 1.82) is 5.26 Å². The van der Waals surface area contributed by atoms with E-state index in [0.717, 1.165) is 25.9 Å². The number of hydrogen-bond acceptors (Lipinski definition) is 6. The summed E-state index contributed by atoms with van der Waals surface area (Å²) in [5.74, 6) is -0.390. The van der Waals surface area contributed by atoms with Crippen molar-refractivity contribution in [2.45, 2.75) is 25.8 Å². The highest BCUT2D eigenvalue weighted by atomic mass is 16.6. The number of nitrogens with two attached hydrogens (primary N) is 1. The van der Waals surface area contributed by atoms with E-state index in [0.29, 0.717) is 0 Å². The summed E-state index contributed by atoms with van der Waals surface area (Å²) in [6, 6.07) is 1.98. The molecule has 0 spiro atoms. The molecule has 8 nitrogen and oxygen atoms in total. The van der Waals surface area contributed by atoms with E-state index in [1.54, 1.807) is 18.9 Å². The van der Waals surface area contributed by atoms with Gasteiger partial charge in [-0.25, -0.2) is 4.79 Å². The predicted octanol–water partition coefficient (Wildman–Crippen LogP) is 0.364. The first kappa shape index (κ1) is 19.9. The van der Waals surface area contributed by atoms with Gasteiger partial charge in [0.15, 0.2) is 0 Å². The number of hydrogen-bond donors (Lipinski definition) is 1. The molecule has 1 saturated heterocycles. The van der Waals surface area contributed by atoms with Gasteiger partial charge >= 0.3 is 6.09 Å². The second-order valence-corrected chi connectivity index (χ2v) is 5.79. The lowest BCUT2D eigenvalue weighted by molar-refractivity contribution is -0.128. The number of likely N-dealkylation sites (tertiary alicyclic amines) is 1. The van der Waals surface area contributed by atoms with Crippen molar-refractivity contribution < 1.29 is 14.3 Å². The Morgan fingerprint density at radius 3 is 2.54 bits per heavy atom. The number of carbonyl (C=O) groups excluding carboxylic acids is 2. The fraction of sp³-hybridized carbons (Fsp3) is 0.688. The zero-order valence-corrected chi connectivity index (χ0v) is 14.7. The molecule has 1 rings (SSSR count). The van der Waals surface area contributed by atoms with Crippen LogP contribution in [-0.4, -0.2) is 79.6 Å². The van der Waals surface area contributed by atoms with Gasteiger partial charge in [-0.15, -0.1) is 0 Å². The molecular formula is C16H27N5O3. The molecule has 1 heterocycles. The molecule has 1 fully saturated rings. The molecule has 8 heteroatoms. The minimum absolute atomic E-state index is 0.0935. The maximum atomic E-state index is 12.6. The minimum atomic E-state index is -0.620. The van der Waals surface area contributed by atoms with E-state index in [9.17, 15) is 14.9 Å². The molecule has 2 amide bonds. The first-order chi connectivity index (χ1) is 11.4. The molecule has 0 saturated carbocycles. The van der Waals surface area contributed by atoms with Crippen LogP contribution in [0.3, 0.4) is 0 Å². The van der Waals surface area contributed by atoms with Crippen LogP contribution in [0.2, 0.25) is 0 Å². The summed E-state index contributed by atoms with van der Waals surface area (Å²) < 4.78 is 4.92.